The standard InChI is InChI=1S/C10H17N3O/c1-2-4-9-11-10(13-12-9)7-8-5-3-6-14-8/h8H,2-7H2,1H3,(H,11,12,13). The monoisotopic (exact) mass is 195 g/mol. The predicted molar refractivity (Wildman–Crippen MR) is 53.1 cm³/mol. The molecule has 4 heteroatoms. The summed E-state index contributed by atoms with van der Waals surface area (Å²) >= 11 is 0. The fraction of sp³-hybridized carbons (Fsp3) is 0.800. The molecule has 4 nitrogen and oxygen atoms in total. The molecule has 0 radical (unpaired) electrons. The Morgan fingerprint density at radius 1 is 1.57 bits per heavy atom. The first-order valence-electron chi connectivity index (χ1n) is 5.40. The first-order chi connectivity index (χ1) is 6.88. The lowest BCUT2D eigenvalue weighted by Gasteiger charge is -2.04. The van der Waals surface area contributed by atoms with Gasteiger partial charge in [-0.05, 0) is 19.3 Å². The van der Waals surface area contributed by atoms with Gasteiger partial charge >= 0.3 is 0 Å². The Hall–Kier alpha value is -0.900. The third kappa shape index (κ3) is 2.32. The van der Waals surface area contributed by atoms with E-state index in [0.29, 0.717) is 6.10 Å². The molecule has 1 aromatic heterocycles. The average Bonchev–Trinajstić information content (AvgIpc) is 2.79. The predicted octanol–water partition coefficient (Wildman–Crippen LogP) is 1.48. The molecule has 0 aliphatic carbocycles. The van der Waals surface area contributed by atoms with Crippen LogP contribution in [-0.4, -0.2) is 27.9 Å². The number of aromatic amines is 1. The van der Waals surface area contributed by atoms with Crippen LogP contribution >= 0.6 is 0 Å². The van der Waals surface area contributed by atoms with Gasteiger partial charge in [-0.15, -0.1) is 0 Å². The number of H-pyrrole nitrogens is 1. The zero-order valence-corrected chi connectivity index (χ0v) is 8.62. The molecule has 1 saturated heterocycles. The highest BCUT2D eigenvalue weighted by atomic mass is 16.5. The number of nitrogens with zero attached hydrogens (tertiary/aromatic N) is 2. The zero-order valence-electron chi connectivity index (χ0n) is 8.62. The molecule has 1 aromatic rings. The molecule has 78 valence electrons. The van der Waals surface area contributed by atoms with Gasteiger partial charge in [0.25, 0.3) is 0 Å². The van der Waals surface area contributed by atoms with Gasteiger partial charge in [-0.3, -0.25) is 5.10 Å². The molecule has 0 spiro atoms. The summed E-state index contributed by atoms with van der Waals surface area (Å²) in [6.07, 6.45) is 5.64. The molecule has 1 N–H and O–H groups in total. The maximum atomic E-state index is 5.54. The van der Waals surface area contributed by atoms with Crippen LogP contribution in [0.4, 0.5) is 0 Å². The molecule has 1 fully saturated rings. The smallest absolute Gasteiger partial charge is 0.150 e. The summed E-state index contributed by atoms with van der Waals surface area (Å²) in [5.74, 6) is 1.90. The second-order valence-corrected chi connectivity index (χ2v) is 3.79. The Labute approximate surface area is 84.1 Å². The molecular weight excluding hydrogens is 178 g/mol. The fourth-order valence-electron chi connectivity index (χ4n) is 1.78. The van der Waals surface area contributed by atoms with E-state index >= 15 is 0 Å². The van der Waals surface area contributed by atoms with Crippen LogP contribution in [0.1, 0.15) is 37.8 Å². The van der Waals surface area contributed by atoms with E-state index < -0.39 is 0 Å². The quantitative estimate of drug-likeness (QED) is 0.791. The molecule has 1 aliphatic heterocycles. The van der Waals surface area contributed by atoms with Gasteiger partial charge in [-0.25, -0.2) is 4.98 Å². The number of hydrogen-bond donors (Lipinski definition) is 1. The number of rotatable bonds is 4. The number of aryl methyl sites for hydroxylation is 1. The van der Waals surface area contributed by atoms with Crippen molar-refractivity contribution in [1.82, 2.24) is 15.2 Å². The summed E-state index contributed by atoms with van der Waals surface area (Å²) in [5.41, 5.74) is 0. The first-order valence-corrected chi connectivity index (χ1v) is 5.40. The van der Waals surface area contributed by atoms with E-state index in [9.17, 15) is 0 Å². The number of hydrogen-bond acceptors (Lipinski definition) is 3. The van der Waals surface area contributed by atoms with Gasteiger partial charge in [0.1, 0.15) is 5.82 Å². The summed E-state index contributed by atoms with van der Waals surface area (Å²) < 4.78 is 5.54. The van der Waals surface area contributed by atoms with E-state index in [2.05, 4.69) is 22.1 Å². The zero-order chi connectivity index (χ0) is 9.80. The first kappa shape index (κ1) is 9.65. The van der Waals surface area contributed by atoms with Crippen LogP contribution in [-0.2, 0) is 17.6 Å². The summed E-state index contributed by atoms with van der Waals surface area (Å²) in [7, 11) is 0. The van der Waals surface area contributed by atoms with E-state index in [1.165, 1.54) is 6.42 Å². The van der Waals surface area contributed by atoms with E-state index in [1.54, 1.807) is 0 Å². The van der Waals surface area contributed by atoms with Gasteiger partial charge in [-0.2, -0.15) is 5.10 Å². The van der Waals surface area contributed by atoms with Crippen LogP contribution in [0.2, 0.25) is 0 Å². The molecule has 0 amide bonds. The number of aromatic nitrogens is 3. The highest BCUT2D eigenvalue weighted by Crippen LogP contribution is 2.15. The second-order valence-electron chi connectivity index (χ2n) is 3.79. The third-order valence-corrected chi connectivity index (χ3v) is 2.50. The largest absolute Gasteiger partial charge is 0.378 e. The lowest BCUT2D eigenvalue weighted by Crippen LogP contribution is -2.09. The minimum atomic E-state index is 0.359. The minimum absolute atomic E-state index is 0.359. The average molecular weight is 195 g/mol. The van der Waals surface area contributed by atoms with Crippen molar-refractivity contribution in [2.45, 2.75) is 45.1 Å². The Morgan fingerprint density at radius 3 is 3.21 bits per heavy atom. The van der Waals surface area contributed by atoms with E-state index in [-0.39, 0.29) is 0 Å². The summed E-state index contributed by atoms with van der Waals surface area (Å²) in [5, 5.41) is 7.13. The van der Waals surface area contributed by atoms with Crippen LogP contribution in [0.25, 0.3) is 0 Å². The van der Waals surface area contributed by atoms with Crippen molar-refractivity contribution < 1.29 is 4.74 Å². The van der Waals surface area contributed by atoms with Gasteiger partial charge in [0, 0.05) is 19.4 Å². The normalized spacial score (nSPS) is 21.6. The summed E-state index contributed by atoms with van der Waals surface area (Å²) in [6, 6.07) is 0. The van der Waals surface area contributed by atoms with Crippen molar-refractivity contribution >= 4 is 0 Å². The highest BCUT2D eigenvalue weighted by molar-refractivity contribution is 4.92. The maximum absolute atomic E-state index is 5.54. The van der Waals surface area contributed by atoms with Crippen LogP contribution in [0, 0.1) is 0 Å². The van der Waals surface area contributed by atoms with Gasteiger partial charge in [-0.1, -0.05) is 6.92 Å². The van der Waals surface area contributed by atoms with Gasteiger partial charge in [0.15, 0.2) is 5.82 Å². The number of nitrogens with one attached hydrogen (secondary N) is 1. The molecular formula is C10H17N3O. The van der Waals surface area contributed by atoms with Crippen LogP contribution in [0.3, 0.4) is 0 Å². The molecule has 0 aromatic carbocycles. The number of ether oxygens (including phenoxy) is 1. The van der Waals surface area contributed by atoms with E-state index in [4.69, 9.17) is 4.74 Å². The van der Waals surface area contributed by atoms with E-state index in [0.717, 1.165) is 43.9 Å². The maximum Gasteiger partial charge on any atom is 0.150 e. The van der Waals surface area contributed by atoms with E-state index in [1.807, 2.05) is 0 Å². The van der Waals surface area contributed by atoms with Gasteiger partial charge in [0.2, 0.25) is 0 Å². The SMILES string of the molecule is CCCc1n[nH]c(CC2CCCO2)n1. The Balaban J connectivity index is 1.88. The highest BCUT2D eigenvalue weighted by Gasteiger charge is 2.17. The van der Waals surface area contributed by atoms with Crippen molar-refractivity contribution in [3.05, 3.63) is 11.6 Å². The van der Waals surface area contributed by atoms with Gasteiger partial charge < -0.3 is 4.74 Å². The summed E-state index contributed by atoms with van der Waals surface area (Å²) in [4.78, 5) is 4.42. The molecule has 14 heavy (non-hydrogen) atoms. The van der Waals surface area contributed by atoms with Crippen LogP contribution < -0.4 is 0 Å². The molecule has 2 heterocycles. The van der Waals surface area contributed by atoms with Crippen molar-refractivity contribution in [1.29, 1.82) is 0 Å². The molecule has 1 unspecified atom stereocenters. The van der Waals surface area contributed by atoms with Crippen LogP contribution in [0.5, 0.6) is 0 Å². The lowest BCUT2D eigenvalue weighted by molar-refractivity contribution is 0.110. The van der Waals surface area contributed by atoms with Crippen molar-refractivity contribution in [2.75, 3.05) is 6.61 Å². The molecule has 1 aliphatic rings. The minimum Gasteiger partial charge on any atom is -0.378 e. The lowest BCUT2D eigenvalue weighted by atomic mass is 10.2. The molecule has 0 bridgehead atoms. The molecule has 0 saturated carbocycles. The summed E-state index contributed by atoms with van der Waals surface area (Å²) in [6.45, 7) is 3.04. The van der Waals surface area contributed by atoms with Crippen LogP contribution in [0.15, 0.2) is 0 Å². The Bertz CT molecular complexity index is 279. The molecule has 2 rings (SSSR count). The second kappa shape index (κ2) is 4.55. The van der Waals surface area contributed by atoms with Crippen molar-refractivity contribution in [3.8, 4) is 0 Å². The topological polar surface area (TPSA) is 50.8 Å². The van der Waals surface area contributed by atoms with Gasteiger partial charge in [0.05, 0.1) is 6.10 Å². The van der Waals surface area contributed by atoms with Crippen molar-refractivity contribution in [2.24, 2.45) is 0 Å². The Morgan fingerprint density at radius 2 is 2.50 bits per heavy atom. The molecule has 1 atom stereocenters. The van der Waals surface area contributed by atoms with Crippen molar-refractivity contribution in [3.63, 3.8) is 0 Å². The fourth-order valence-corrected chi connectivity index (χ4v) is 1.78. The Kier molecular flexibility index (Phi) is 3.14. The third-order valence-electron chi connectivity index (χ3n) is 2.50.